The molecule has 0 spiro atoms. The van der Waals surface area contributed by atoms with Crippen LogP contribution in [0.5, 0.6) is 5.75 Å². The summed E-state index contributed by atoms with van der Waals surface area (Å²) in [5.41, 5.74) is 0.996. The molecule has 0 bridgehead atoms. The molecule has 0 amide bonds. The largest absolute Gasteiger partial charge is 0.478 e. The number of hydrogen-bond acceptors (Lipinski definition) is 5. The van der Waals surface area contributed by atoms with Crippen molar-refractivity contribution in [2.45, 2.75) is 64.6 Å². The third kappa shape index (κ3) is 7.57. The van der Waals surface area contributed by atoms with Crippen molar-refractivity contribution in [1.82, 2.24) is 15.2 Å². The summed E-state index contributed by atoms with van der Waals surface area (Å²) < 4.78 is 11.5. The summed E-state index contributed by atoms with van der Waals surface area (Å²) in [7, 11) is 0. The fourth-order valence-electron chi connectivity index (χ4n) is 3.57. The molecule has 1 heterocycles. The molecule has 2 N–H and O–H groups in total. The van der Waals surface area contributed by atoms with Crippen LogP contribution in [-0.4, -0.2) is 38.5 Å². The van der Waals surface area contributed by atoms with Crippen LogP contribution >= 0.6 is 11.6 Å². The maximum Gasteiger partial charge on any atom is 0.347 e. The fraction of sp³-hybridized carbons (Fsp3) is 0.423. The van der Waals surface area contributed by atoms with Crippen molar-refractivity contribution in [2.24, 2.45) is 0 Å². The molecule has 0 saturated heterocycles. The number of halogens is 1. The number of nitrogens with zero attached hydrogens (tertiary/aromatic N) is 2. The Bertz CT molecular complexity index is 1050. The van der Waals surface area contributed by atoms with Crippen molar-refractivity contribution in [1.29, 1.82) is 0 Å². The van der Waals surface area contributed by atoms with E-state index in [1.165, 1.54) is 13.8 Å². The molecule has 2 aromatic carbocycles. The number of carboxylic acids is 1. The van der Waals surface area contributed by atoms with Crippen LogP contribution in [0.15, 0.2) is 48.5 Å². The second-order valence-corrected chi connectivity index (χ2v) is 9.08. The zero-order valence-corrected chi connectivity index (χ0v) is 20.6. The van der Waals surface area contributed by atoms with E-state index in [0.717, 1.165) is 54.9 Å². The van der Waals surface area contributed by atoms with Crippen molar-refractivity contribution in [3.05, 3.63) is 76.3 Å². The van der Waals surface area contributed by atoms with Gasteiger partial charge in [0.1, 0.15) is 11.6 Å². The van der Waals surface area contributed by atoms with Gasteiger partial charge in [-0.05, 0) is 75.4 Å². The lowest BCUT2D eigenvalue weighted by molar-refractivity contribution is -0.152. The van der Waals surface area contributed by atoms with Gasteiger partial charge in [0.25, 0.3) is 0 Å². The van der Waals surface area contributed by atoms with Gasteiger partial charge in [-0.1, -0.05) is 35.9 Å². The number of nitrogens with one attached hydrogen (secondary N) is 1. The molecule has 0 fully saturated rings. The Labute approximate surface area is 205 Å². The average molecular weight is 486 g/mol. The highest BCUT2D eigenvalue weighted by Crippen LogP contribution is 2.24. The summed E-state index contributed by atoms with van der Waals surface area (Å²) in [5, 5.41) is 17.3. The molecule has 0 aliphatic heterocycles. The van der Waals surface area contributed by atoms with Gasteiger partial charge in [0.15, 0.2) is 11.4 Å². The second kappa shape index (κ2) is 12.0. The number of carbonyl (C=O) groups is 1. The van der Waals surface area contributed by atoms with Gasteiger partial charge in [0.2, 0.25) is 0 Å². The van der Waals surface area contributed by atoms with E-state index in [9.17, 15) is 9.90 Å². The van der Waals surface area contributed by atoms with Crippen LogP contribution in [0.2, 0.25) is 5.02 Å². The molecule has 0 aliphatic rings. The molecular weight excluding hydrogens is 454 g/mol. The van der Waals surface area contributed by atoms with Crippen LogP contribution in [0.3, 0.4) is 0 Å². The minimum atomic E-state index is -1.26. The number of H-pyrrole nitrogens is 1. The standard InChI is InChI=1S/C26H32ClN3O4/c1-4-33-22(19-10-12-20(27)13-11-19)16-17-24-28-23(29-30-24)7-5-6-18-8-14-21(15-9-18)34-26(2,3)25(31)32/h8-15,22H,4-7,16-17H2,1-3H3,(H,31,32)(H,28,29,30). The number of aromatic nitrogens is 3. The first-order valence-electron chi connectivity index (χ1n) is 11.6. The molecule has 0 aliphatic carbocycles. The second-order valence-electron chi connectivity index (χ2n) is 8.65. The van der Waals surface area contributed by atoms with Crippen LogP contribution in [0.4, 0.5) is 0 Å². The van der Waals surface area contributed by atoms with Crippen LogP contribution in [-0.2, 0) is 28.8 Å². The number of carboxylic acid groups (broad SMARTS) is 1. The van der Waals surface area contributed by atoms with E-state index in [1.54, 1.807) is 0 Å². The lowest BCUT2D eigenvalue weighted by Gasteiger charge is -2.21. The zero-order valence-electron chi connectivity index (χ0n) is 19.9. The molecule has 1 aromatic heterocycles. The van der Waals surface area contributed by atoms with Gasteiger partial charge in [0.05, 0.1) is 6.10 Å². The highest BCUT2D eigenvalue weighted by Gasteiger charge is 2.29. The highest BCUT2D eigenvalue weighted by molar-refractivity contribution is 6.30. The first-order valence-corrected chi connectivity index (χ1v) is 11.9. The van der Waals surface area contributed by atoms with Crippen molar-refractivity contribution < 1.29 is 19.4 Å². The third-order valence-electron chi connectivity index (χ3n) is 5.51. The molecule has 0 radical (unpaired) electrons. The van der Waals surface area contributed by atoms with Crippen molar-refractivity contribution >= 4 is 17.6 Å². The quantitative estimate of drug-likeness (QED) is 0.327. The van der Waals surface area contributed by atoms with Gasteiger partial charge in [-0.25, -0.2) is 9.78 Å². The van der Waals surface area contributed by atoms with E-state index in [2.05, 4.69) is 15.2 Å². The lowest BCUT2D eigenvalue weighted by Crippen LogP contribution is -2.37. The number of aryl methyl sites for hydroxylation is 3. The van der Waals surface area contributed by atoms with Gasteiger partial charge in [0, 0.05) is 24.5 Å². The van der Waals surface area contributed by atoms with Crippen molar-refractivity contribution in [2.75, 3.05) is 6.61 Å². The topological polar surface area (TPSA) is 97.3 Å². The predicted molar refractivity (Wildman–Crippen MR) is 131 cm³/mol. The predicted octanol–water partition coefficient (Wildman–Crippen LogP) is 5.59. The van der Waals surface area contributed by atoms with E-state index in [1.807, 2.05) is 55.5 Å². The Morgan fingerprint density at radius 3 is 2.44 bits per heavy atom. The average Bonchev–Trinajstić information content (AvgIpc) is 3.26. The Morgan fingerprint density at radius 2 is 1.79 bits per heavy atom. The number of rotatable bonds is 13. The molecule has 0 saturated carbocycles. The normalized spacial score (nSPS) is 12.5. The molecule has 8 heteroatoms. The van der Waals surface area contributed by atoms with Gasteiger partial charge >= 0.3 is 5.97 Å². The number of ether oxygens (including phenoxy) is 2. The van der Waals surface area contributed by atoms with Crippen LogP contribution in [0.1, 0.15) is 62.5 Å². The van der Waals surface area contributed by atoms with E-state index in [-0.39, 0.29) is 6.10 Å². The smallest absolute Gasteiger partial charge is 0.347 e. The van der Waals surface area contributed by atoms with Gasteiger partial charge < -0.3 is 14.6 Å². The number of benzene rings is 2. The summed E-state index contributed by atoms with van der Waals surface area (Å²) in [5.74, 6) is 1.20. The fourth-order valence-corrected chi connectivity index (χ4v) is 3.69. The minimum Gasteiger partial charge on any atom is -0.478 e. The summed E-state index contributed by atoms with van der Waals surface area (Å²) in [6, 6.07) is 15.3. The maximum atomic E-state index is 11.2. The van der Waals surface area contributed by atoms with E-state index >= 15 is 0 Å². The van der Waals surface area contributed by atoms with Crippen molar-refractivity contribution in [3.63, 3.8) is 0 Å². The molecular formula is C26H32ClN3O4. The zero-order chi connectivity index (χ0) is 24.6. The van der Waals surface area contributed by atoms with Gasteiger partial charge in [-0.3, -0.25) is 5.10 Å². The monoisotopic (exact) mass is 485 g/mol. The van der Waals surface area contributed by atoms with Crippen molar-refractivity contribution in [3.8, 4) is 5.75 Å². The first kappa shape index (κ1) is 25.7. The van der Waals surface area contributed by atoms with E-state index in [0.29, 0.717) is 17.4 Å². The van der Waals surface area contributed by atoms with E-state index < -0.39 is 11.6 Å². The summed E-state index contributed by atoms with van der Waals surface area (Å²) in [6.07, 6.45) is 4.09. The third-order valence-corrected chi connectivity index (χ3v) is 5.76. The van der Waals surface area contributed by atoms with Gasteiger partial charge in [-0.15, -0.1) is 0 Å². The molecule has 182 valence electrons. The highest BCUT2D eigenvalue weighted by atomic mass is 35.5. The summed E-state index contributed by atoms with van der Waals surface area (Å²) in [6.45, 7) is 5.69. The molecule has 7 nitrogen and oxygen atoms in total. The first-order chi connectivity index (χ1) is 16.3. The Kier molecular flexibility index (Phi) is 9.07. The number of aliphatic carboxylic acids is 1. The summed E-state index contributed by atoms with van der Waals surface area (Å²) >= 11 is 6.00. The molecule has 3 aromatic rings. The maximum absolute atomic E-state index is 11.2. The Balaban J connectivity index is 1.45. The Morgan fingerprint density at radius 1 is 1.09 bits per heavy atom. The summed E-state index contributed by atoms with van der Waals surface area (Å²) in [4.78, 5) is 15.8. The molecule has 3 rings (SSSR count). The molecule has 1 unspecified atom stereocenters. The SMILES string of the molecule is CCOC(CCc1n[nH]c(CCCc2ccc(OC(C)(C)C(=O)O)cc2)n1)c1ccc(Cl)cc1. The van der Waals surface area contributed by atoms with Crippen LogP contribution < -0.4 is 4.74 Å². The lowest BCUT2D eigenvalue weighted by atomic mass is 10.0. The number of aromatic amines is 1. The molecule has 1 atom stereocenters. The number of hydrogen-bond donors (Lipinski definition) is 2. The van der Waals surface area contributed by atoms with E-state index in [4.69, 9.17) is 21.1 Å². The van der Waals surface area contributed by atoms with Gasteiger partial charge in [-0.2, -0.15) is 5.10 Å². The Hall–Kier alpha value is -2.90. The molecule has 34 heavy (non-hydrogen) atoms. The van der Waals surface area contributed by atoms with Crippen LogP contribution in [0, 0.1) is 0 Å². The minimum absolute atomic E-state index is 0.0164. The van der Waals surface area contributed by atoms with Crippen LogP contribution in [0.25, 0.3) is 0 Å².